The van der Waals surface area contributed by atoms with Crippen LogP contribution < -0.4 is 52.8 Å². The predicted molar refractivity (Wildman–Crippen MR) is 289 cm³/mol. The maximum absolute atomic E-state index is 10.8. The molecule has 11 N–H and O–H groups in total. The van der Waals surface area contributed by atoms with Crippen molar-refractivity contribution in [1.82, 2.24) is 23.7 Å². The van der Waals surface area contributed by atoms with Crippen molar-refractivity contribution in [2.24, 2.45) is 0 Å². The maximum atomic E-state index is 10.8. The van der Waals surface area contributed by atoms with Crippen LogP contribution >= 0.6 is 47.5 Å². The molecule has 0 atom stereocenters. The number of thioether (sulfide) groups is 1. The Kier molecular flexibility index (Phi) is 17.8. The van der Waals surface area contributed by atoms with Crippen LogP contribution in [0, 0.1) is 0 Å². The number of benzene rings is 5. The SMILES string of the molecule is CCN(CC)c1cc(Nc2nc(Nc3cc(N(CC)CC)c(OC)cc3N)nc(SCc3ccccc3)n2)c(N)cc1OC.Nc1snc2cc(S(=O)(=O)O)ccc12.Nc1snc2cc(S)ccc12. The molecule has 0 amide bonds. The molecule has 3 heterocycles. The molecule has 0 radical (unpaired) electrons. The van der Waals surface area contributed by atoms with Gasteiger partial charge in [0.05, 0.1) is 64.3 Å². The van der Waals surface area contributed by atoms with Gasteiger partial charge >= 0.3 is 0 Å². The molecule has 0 aliphatic rings. The quantitative estimate of drug-likeness (QED) is 0.0193. The van der Waals surface area contributed by atoms with E-state index in [1.54, 1.807) is 14.2 Å². The van der Waals surface area contributed by atoms with Crippen LogP contribution in [0.4, 0.5) is 56.0 Å². The summed E-state index contributed by atoms with van der Waals surface area (Å²) in [5, 5.41) is 10.2. The number of nitrogens with two attached hydrogens (primary N) is 4. The summed E-state index contributed by atoms with van der Waals surface area (Å²) in [6.45, 7) is 11.7. The zero-order valence-corrected chi connectivity index (χ0v) is 43.0. The summed E-state index contributed by atoms with van der Waals surface area (Å²) < 4.78 is 49.7. The molecule has 0 spiro atoms. The molecule has 8 rings (SSSR count). The van der Waals surface area contributed by atoms with Gasteiger partial charge in [0.25, 0.3) is 10.1 Å². The largest absolute Gasteiger partial charge is 0.495 e. The monoisotopic (exact) mass is 1030 g/mol. The average molecular weight is 1030 g/mol. The number of nitrogens with zero attached hydrogens (tertiary/aromatic N) is 7. The number of hydrogen-bond donors (Lipinski definition) is 8. The number of fused-ring (bicyclic) bond motifs is 2. The van der Waals surface area contributed by atoms with Gasteiger partial charge in [-0.25, -0.2) is 0 Å². The smallest absolute Gasteiger partial charge is 0.294 e. The number of nitrogen functional groups attached to an aromatic ring is 4. The lowest BCUT2D eigenvalue weighted by molar-refractivity contribution is 0.414. The van der Waals surface area contributed by atoms with Crippen molar-refractivity contribution in [3.63, 3.8) is 0 Å². The second-order valence-corrected chi connectivity index (χ2v) is 19.3. The summed E-state index contributed by atoms with van der Waals surface area (Å²) in [6, 6.07) is 27.6. The second-order valence-electron chi connectivity index (χ2n) is 14.8. The maximum Gasteiger partial charge on any atom is 0.294 e. The van der Waals surface area contributed by atoms with Crippen LogP contribution in [0.1, 0.15) is 33.3 Å². The summed E-state index contributed by atoms with van der Waals surface area (Å²) in [6.07, 6.45) is 0. The number of methoxy groups -OCH3 is 2. The molecule has 18 nitrogen and oxygen atoms in total. The van der Waals surface area contributed by atoms with Gasteiger partial charge in [0.2, 0.25) is 11.9 Å². The number of anilines is 10. The standard InChI is InChI=1S/C32H43N9O2S.C7H6N2O3S2.C7H6N2S2/c1-7-40(8-2)26-18-24(22(33)16-28(26)42-5)35-30-37-31(39-32(38-30)44-20-21-14-12-11-13-15-21)36-25-19-27(41(9-3)10-4)29(43-6)17-23(25)34;8-7-5-2-1-4(14(10,11)12)3-6(5)9-13-7;8-7-5-2-1-4(10)3-6(5)9-11-7/h11-19H,7-10,20,33-34H2,1-6H3,(H2,35,36,37,38,39);1-3H,8H2,(H,10,11,12);1-3,10H,8H2. The molecule has 0 saturated carbocycles. The van der Waals surface area contributed by atoms with E-state index in [0.29, 0.717) is 73.0 Å². The molecule has 8 aromatic rings. The minimum Gasteiger partial charge on any atom is -0.495 e. The lowest BCUT2D eigenvalue weighted by Crippen LogP contribution is -2.22. The number of thiol groups is 1. The fourth-order valence-corrected chi connectivity index (χ4v) is 9.61. The molecule has 0 fully saturated rings. The van der Waals surface area contributed by atoms with Gasteiger partial charge in [0.15, 0.2) is 5.16 Å². The minimum absolute atomic E-state index is 0.171. The first-order valence-electron chi connectivity index (χ1n) is 21.5. The molecule has 23 heteroatoms. The van der Waals surface area contributed by atoms with Crippen molar-refractivity contribution in [3.8, 4) is 11.5 Å². The van der Waals surface area contributed by atoms with Crippen molar-refractivity contribution < 1.29 is 22.4 Å². The van der Waals surface area contributed by atoms with Gasteiger partial charge in [-0.3, -0.25) is 4.55 Å². The number of nitrogens with one attached hydrogen (secondary N) is 2. The fourth-order valence-electron chi connectivity index (χ4n) is 6.89. The van der Waals surface area contributed by atoms with Crippen molar-refractivity contribution in [1.29, 1.82) is 0 Å². The van der Waals surface area contributed by atoms with E-state index in [1.165, 1.54) is 41.5 Å². The molecule has 0 saturated heterocycles. The minimum atomic E-state index is -4.16. The number of ether oxygens (including phenoxy) is 2. The third-order valence-corrected chi connectivity index (χ3v) is 13.9. The Morgan fingerprint density at radius 1 is 0.667 bits per heavy atom. The van der Waals surface area contributed by atoms with E-state index >= 15 is 0 Å². The van der Waals surface area contributed by atoms with Gasteiger partial charge in [-0.05, 0) is 105 Å². The van der Waals surface area contributed by atoms with Crippen LogP contribution in [0.3, 0.4) is 0 Å². The third kappa shape index (κ3) is 13.2. The normalized spacial score (nSPS) is 11.0. The Hall–Kier alpha value is -6.50. The van der Waals surface area contributed by atoms with Crippen molar-refractivity contribution in [2.45, 2.75) is 48.4 Å². The average Bonchev–Trinajstić information content (AvgIpc) is 3.91. The Bertz CT molecular complexity index is 3030. The second kappa shape index (κ2) is 23.7. The molecular weight excluding hydrogens is 975 g/mol. The lowest BCUT2D eigenvalue weighted by Gasteiger charge is -2.25. The van der Waals surface area contributed by atoms with E-state index in [-0.39, 0.29) is 4.90 Å². The van der Waals surface area contributed by atoms with Gasteiger partial charge in [0.1, 0.15) is 21.5 Å². The molecule has 3 aromatic heterocycles. The fraction of sp³-hybridized carbons (Fsp3) is 0.239. The van der Waals surface area contributed by atoms with E-state index in [4.69, 9.17) is 51.9 Å². The van der Waals surface area contributed by atoms with Gasteiger partial charge < -0.3 is 52.8 Å². The van der Waals surface area contributed by atoms with Gasteiger partial charge in [-0.1, -0.05) is 42.1 Å². The molecule has 0 aliphatic heterocycles. The Morgan fingerprint density at radius 3 is 1.61 bits per heavy atom. The van der Waals surface area contributed by atoms with E-state index in [2.05, 4.69) is 81.6 Å². The molecule has 364 valence electrons. The molecule has 0 aliphatic carbocycles. The Labute approximate surface area is 419 Å². The first-order valence-corrected chi connectivity index (χ1v) is 25.9. The summed E-state index contributed by atoms with van der Waals surface area (Å²) >= 11 is 8.11. The van der Waals surface area contributed by atoms with E-state index in [0.717, 1.165) is 75.4 Å². The molecule has 0 unspecified atom stereocenters. The van der Waals surface area contributed by atoms with Crippen LogP contribution in [-0.2, 0) is 15.9 Å². The predicted octanol–water partition coefficient (Wildman–Crippen LogP) is 9.82. The number of aromatic nitrogens is 5. The molecule has 69 heavy (non-hydrogen) atoms. The van der Waals surface area contributed by atoms with Gasteiger partial charge in [-0.15, -0.1) is 12.6 Å². The van der Waals surface area contributed by atoms with Gasteiger partial charge in [-0.2, -0.15) is 32.1 Å². The highest BCUT2D eigenvalue weighted by Crippen LogP contribution is 2.39. The zero-order chi connectivity index (χ0) is 49.8. The third-order valence-electron chi connectivity index (χ3n) is 10.5. The van der Waals surface area contributed by atoms with Crippen molar-refractivity contribution in [3.05, 3.63) is 96.6 Å². The van der Waals surface area contributed by atoms with Crippen LogP contribution in [0.25, 0.3) is 21.8 Å². The Morgan fingerprint density at radius 2 is 1.14 bits per heavy atom. The number of rotatable bonds is 16. The highest BCUT2D eigenvalue weighted by atomic mass is 32.2. The van der Waals surface area contributed by atoms with Crippen molar-refractivity contribution in [2.75, 3.05) is 83.8 Å². The summed E-state index contributed by atoms with van der Waals surface area (Å²) in [5.74, 6) is 2.78. The summed E-state index contributed by atoms with van der Waals surface area (Å²) in [4.78, 5) is 19.3. The molecule has 0 bridgehead atoms. The zero-order valence-electron chi connectivity index (χ0n) is 38.8. The topological polar surface area (TPSA) is 272 Å². The first-order chi connectivity index (χ1) is 33.1. The van der Waals surface area contributed by atoms with Crippen LogP contribution in [-0.4, -0.2) is 77.1 Å². The van der Waals surface area contributed by atoms with Crippen molar-refractivity contribution >= 4 is 135 Å². The van der Waals surface area contributed by atoms with E-state index in [9.17, 15) is 8.42 Å². The van der Waals surface area contributed by atoms with Gasteiger partial charge in [0, 0.05) is 59.7 Å². The summed E-state index contributed by atoms with van der Waals surface area (Å²) in [5.41, 5.74) is 30.9. The lowest BCUT2D eigenvalue weighted by atomic mass is 10.2. The molecular formula is C46H55N13O5S5. The number of hydrogen-bond acceptors (Lipinski definition) is 21. The van der Waals surface area contributed by atoms with Crippen LogP contribution in [0.15, 0.2) is 106 Å². The summed E-state index contributed by atoms with van der Waals surface area (Å²) in [7, 11) is -0.872. The van der Waals surface area contributed by atoms with Crippen LogP contribution in [0.5, 0.6) is 11.5 Å². The van der Waals surface area contributed by atoms with Crippen LogP contribution in [0.2, 0.25) is 0 Å². The Balaban J connectivity index is 0.000000249. The highest BCUT2D eigenvalue weighted by Gasteiger charge is 2.18. The van der Waals surface area contributed by atoms with E-state index in [1.807, 2.05) is 60.7 Å². The first kappa shape index (κ1) is 51.9. The highest BCUT2D eigenvalue weighted by molar-refractivity contribution is 7.98. The van der Waals surface area contributed by atoms with E-state index < -0.39 is 10.1 Å². The molecule has 5 aromatic carbocycles.